The van der Waals surface area contributed by atoms with Crippen LogP contribution >= 0.6 is 0 Å². The average Bonchev–Trinajstić information content (AvgIpc) is 2.40. The zero-order valence-electron chi connectivity index (χ0n) is 12.8. The summed E-state index contributed by atoms with van der Waals surface area (Å²) in [5, 5.41) is 0. The molecule has 0 bridgehead atoms. The first-order valence-corrected chi connectivity index (χ1v) is 9.57. The lowest BCUT2D eigenvalue weighted by molar-refractivity contribution is 0.0263. The first-order chi connectivity index (χ1) is 9.37. The molecule has 0 amide bonds. The highest BCUT2D eigenvalue weighted by Crippen LogP contribution is 2.30. The van der Waals surface area contributed by atoms with E-state index in [2.05, 4.69) is 23.6 Å². The Morgan fingerprint density at radius 3 is 2.10 bits per heavy atom. The normalized spacial score (nSPS) is 27.8. The quantitative estimate of drug-likeness (QED) is 0.802. The topological polar surface area (TPSA) is 66.6 Å². The molecule has 2 fully saturated rings. The van der Waals surface area contributed by atoms with Crippen molar-refractivity contribution in [3.05, 3.63) is 0 Å². The fourth-order valence-corrected chi connectivity index (χ4v) is 5.07. The van der Waals surface area contributed by atoms with Gasteiger partial charge in [0.25, 0.3) is 0 Å². The highest BCUT2D eigenvalue weighted by atomic mass is 32.2. The molecule has 2 aliphatic rings. The van der Waals surface area contributed by atoms with Crippen LogP contribution in [0.2, 0.25) is 0 Å². The molecule has 20 heavy (non-hydrogen) atoms. The summed E-state index contributed by atoms with van der Waals surface area (Å²) in [6.45, 7) is 10.4. The van der Waals surface area contributed by atoms with Gasteiger partial charge in [-0.15, -0.1) is 0 Å². The van der Waals surface area contributed by atoms with Crippen LogP contribution in [-0.2, 0) is 9.84 Å². The number of piperazine rings is 1. The van der Waals surface area contributed by atoms with E-state index in [4.69, 9.17) is 5.73 Å². The third kappa shape index (κ3) is 3.72. The van der Waals surface area contributed by atoms with E-state index in [0.29, 0.717) is 36.8 Å². The maximum Gasteiger partial charge on any atom is 0.150 e. The van der Waals surface area contributed by atoms with Crippen molar-refractivity contribution in [2.45, 2.75) is 32.2 Å². The molecule has 0 unspecified atom stereocenters. The molecule has 2 aliphatic heterocycles. The SMILES string of the molecule is CC(C)CN1CCN(C2(CN)CCS(=O)(=O)CC2)CC1. The van der Waals surface area contributed by atoms with Gasteiger partial charge in [-0.25, -0.2) is 8.42 Å². The minimum Gasteiger partial charge on any atom is -0.329 e. The highest BCUT2D eigenvalue weighted by molar-refractivity contribution is 7.91. The molecule has 2 saturated heterocycles. The Hall–Kier alpha value is -0.170. The van der Waals surface area contributed by atoms with Gasteiger partial charge < -0.3 is 10.6 Å². The Labute approximate surface area is 123 Å². The van der Waals surface area contributed by atoms with Gasteiger partial charge in [0.1, 0.15) is 9.84 Å². The van der Waals surface area contributed by atoms with Gasteiger partial charge in [0, 0.05) is 44.8 Å². The van der Waals surface area contributed by atoms with Crippen LogP contribution in [0.1, 0.15) is 26.7 Å². The van der Waals surface area contributed by atoms with Crippen molar-refractivity contribution >= 4 is 9.84 Å². The Morgan fingerprint density at radius 2 is 1.65 bits per heavy atom. The van der Waals surface area contributed by atoms with E-state index in [9.17, 15) is 8.42 Å². The van der Waals surface area contributed by atoms with Gasteiger partial charge in [0.15, 0.2) is 0 Å². The van der Waals surface area contributed by atoms with E-state index in [1.54, 1.807) is 0 Å². The van der Waals surface area contributed by atoms with Crippen LogP contribution in [0, 0.1) is 5.92 Å². The Balaban J connectivity index is 1.94. The Morgan fingerprint density at radius 1 is 1.10 bits per heavy atom. The summed E-state index contributed by atoms with van der Waals surface area (Å²) < 4.78 is 23.3. The van der Waals surface area contributed by atoms with Crippen LogP contribution in [0.25, 0.3) is 0 Å². The summed E-state index contributed by atoms with van der Waals surface area (Å²) in [6.07, 6.45) is 1.41. The standard InChI is InChI=1S/C14H29N3O2S/c1-13(2)11-16-5-7-17(8-6-16)14(12-15)3-9-20(18,19)10-4-14/h13H,3-12,15H2,1-2H3. The monoisotopic (exact) mass is 303 g/mol. The minimum absolute atomic E-state index is 0.0742. The fraction of sp³-hybridized carbons (Fsp3) is 1.00. The van der Waals surface area contributed by atoms with Crippen LogP contribution < -0.4 is 5.73 Å². The summed E-state index contributed by atoms with van der Waals surface area (Å²) in [5.74, 6) is 1.30. The van der Waals surface area contributed by atoms with Gasteiger partial charge >= 0.3 is 0 Å². The molecule has 5 nitrogen and oxygen atoms in total. The van der Waals surface area contributed by atoms with Crippen molar-refractivity contribution in [1.29, 1.82) is 0 Å². The van der Waals surface area contributed by atoms with Crippen molar-refractivity contribution in [3.8, 4) is 0 Å². The maximum absolute atomic E-state index is 11.6. The zero-order chi connectivity index (χ0) is 14.8. The van der Waals surface area contributed by atoms with Gasteiger partial charge in [-0.05, 0) is 18.8 Å². The summed E-state index contributed by atoms with van der Waals surface area (Å²) in [6, 6.07) is 0. The summed E-state index contributed by atoms with van der Waals surface area (Å²) in [7, 11) is -2.82. The van der Waals surface area contributed by atoms with E-state index in [-0.39, 0.29) is 5.54 Å². The van der Waals surface area contributed by atoms with Crippen LogP contribution in [-0.4, -0.2) is 74.5 Å². The van der Waals surface area contributed by atoms with Crippen LogP contribution in [0.15, 0.2) is 0 Å². The van der Waals surface area contributed by atoms with E-state index in [1.165, 1.54) is 0 Å². The molecule has 0 saturated carbocycles. The second-order valence-corrected chi connectivity index (χ2v) is 9.07. The summed E-state index contributed by atoms with van der Waals surface area (Å²) >= 11 is 0. The van der Waals surface area contributed by atoms with Gasteiger partial charge in [-0.1, -0.05) is 13.8 Å². The average molecular weight is 303 g/mol. The molecular formula is C14H29N3O2S. The van der Waals surface area contributed by atoms with Gasteiger partial charge in [-0.3, -0.25) is 4.90 Å². The lowest BCUT2D eigenvalue weighted by Crippen LogP contribution is -2.62. The third-order valence-electron chi connectivity index (χ3n) is 4.80. The lowest BCUT2D eigenvalue weighted by atomic mass is 9.89. The number of nitrogens with two attached hydrogens (primary N) is 1. The molecule has 0 aliphatic carbocycles. The van der Waals surface area contributed by atoms with Crippen molar-refractivity contribution in [3.63, 3.8) is 0 Å². The van der Waals surface area contributed by atoms with E-state index in [1.807, 2.05) is 0 Å². The first-order valence-electron chi connectivity index (χ1n) is 7.75. The number of nitrogens with zero attached hydrogens (tertiary/aromatic N) is 2. The van der Waals surface area contributed by atoms with E-state index >= 15 is 0 Å². The second kappa shape index (κ2) is 6.30. The smallest absolute Gasteiger partial charge is 0.150 e. The van der Waals surface area contributed by atoms with Crippen molar-refractivity contribution in [2.75, 3.05) is 50.8 Å². The zero-order valence-corrected chi connectivity index (χ0v) is 13.7. The molecule has 118 valence electrons. The molecule has 0 radical (unpaired) electrons. The molecule has 2 heterocycles. The molecule has 6 heteroatoms. The number of hydrogen-bond acceptors (Lipinski definition) is 5. The van der Waals surface area contributed by atoms with Gasteiger partial charge in [0.2, 0.25) is 0 Å². The molecule has 0 spiro atoms. The molecule has 0 atom stereocenters. The molecule has 0 aromatic carbocycles. The number of rotatable bonds is 4. The maximum atomic E-state index is 11.6. The van der Waals surface area contributed by atoms with E-state index < -0.39 is 9.84 Å². The summed E-state index contributed by atoms with van der Waals surface area (Å²) in [5.41, 5.74) is 5.95. The first kappa shape index (κ1) is 16.2. The predicted octanol–water partition coefficient (Wildman–Crippen LogP) is 0.166. The van der Waals surface area contributed by atoms with Crippen LogP contribution in [0.3, 0.4) is 0 Å². The molecule has 2 rings (SSSR count). The molecule has 0 aromatic heterocycles. The van der Waals surface area contributed by atoms with Gasteiger partial charge in [-0.2, -0.15) is 0 Å². The molecule has 2 N–H and O–H groups in total. The van der Waals surface area contributed by atoms with Crippen LogP contribution in [0.5, 0.6) is 0 Å². The predicted molar refractivity (Wildman–Crippen MR) is 82.5 cm³/mol. The van der Waals surface area contributed by atoms with Crippen molar-refractivity contribution in [1.82, 2.24) is 9.80 Å². The molecule has 0 aromatic rings. The van der Waals surface area contributed by atoms with Crippen molar-refractivity contribution in [2.24, 2.45) is 11.7 Å². The lowest BCUT2D eigenvalue weighted by Gasteiger charge is -2.49. The Kier molecular flexibility index (Phi) is 5.10. The third-order valence-corrected chi connectivity index (χ3v) is 6.46. The Bertz CT molecular complexity index is 400. The largest absolute Gasteiger partial charge is 0.329 e. The number of hydrogen-bond donors (Lipinski definition) is 1. The van der Waals surface area contributed by atoms with Gasteiger partial charge in [0.05, 0.1) is 11.5 Å². The molecular weight excluding hydrogens is 274 g/mol. The highest BCUT2D eigenvalue weighted by Gasteiger charge is 2.41. The van der Waals surface area contributed by atoms with E-state index in [0.717, 1.165) is 32.7 Å². The minimum atomic E-state index is -2.82. The second-order valence-electron chi connectivity index (χ2n) is 6.76. The fourth-order valence-electron chi connectivity index (χ4n) is 3.49. The van der Waals surface area contributed by atoms with Crippen LogP contribution in [0.4, 0.5) is 0 Å². The van der Waals surface area contributed by atoms with Crippen molar-refractivity contribution < 1.29 is 8.42 Å². The number of sulfone groups is 1. The summed E-state index contributed by atoms with van der Waals surface area (Å²) in [4.78, 5) is 4.96.